The minimum atomic E-state index is 0.0835. The normalized spacial score (nSPS) is 27.6. The summed E-state index contributed by atoms with van der Waals surface area (Å²) in [5.41, 5.74) is 6.34. The molecule has 1 amide bonds. The molecular formula is C16H33N3O. The van der Waals surface area contributed by atoms with E-state index in [0.29, 0.717) is 23.9 Å². The van der Waals surface area contributed by atoms with Gasteiger partial charge in [-0.1, -0.05) is 27.2 Å². The van der Waals surface area contributed by atoms with E-state index in [1.54, 1.807) is 7.05 Å². The molecule has 0 aromatic heterocycles. The van der Waals surface area contributed by atoms with Crippen molar-refractivity contribution in [2.24, 2.45) is 23.0 Å². The first-order chi connectivity index (χ1) is 9.35. The molecule has 3 atom stereocenters. The van der Waals surface area contributed by atoms with Crippen LogP contribution in [0.3, 0.4) is 0 Å². The van der Waals surface area contributed by atoms with Crippen LogP contribution in [-0.2, 0) is 4.79 Å². The summed E-state index contributed by atoms with van der Waals surface area (Å²) in [6, 6.07) is 0.432. The molecule has 0 saturated heterocycles. The second-order valence-corrected chi connectivity index (χ2v) is 7.00. The fourth-order valence-electron chi connectivity index (χ4n) is 3.45. The highest BCUT2D eigenvalue weighted by Gasteiger charge is 2.38. The molecule has 1 saturated carbocycles. The van der Waals surface area contributed by atoms with Crippen LogP contribution in [-0.4, -0.2) is 44.0 Å². The Morgan fingerprint density at radius 1 is 1.40 bits per heavy atom. The predicted octanol–water partition coefficient (Wildman–Crippen LogP) is 1.84. The van der Waals surface area contributed by atoms with Gasteiger partial charge in [0.05, 0.1) is 6.54 Å². The van der Waals surface area contributed by atoms with Crippen molar-refractivity contribution < 1.29 is 4.79 Å². The van der Waals surface area contributed by atoms with E-state index in [4.69, 9.17) is 5.73 Å². The molecule has 0 aliphatic heterocycles. The summed E-state index contributed by atoms with van der Waals surface area (Å²) in [5, 5.41) is 2.71. The monoisotopic (exact) mass is 283 g/mol. The van der Waals surface area contributed by atoms with Crippen molar-refractivity contribution in [3.8, 4) is 0 Å². The average molecular weight is 283 g/mol. The predicted molar refractivity (Wildman–Crippen MR) is 84.4 cm³/mol. The highest BCUT2D eigenvalue weighted by atomic mass is 16.1. The number of hydrogen-bond acceptors (Lipinski definition) is 3. The summed E-state index contributed by atoms with van der Waals surface area (Å²) in [5.74, 6) is 1.33. The molecule has 1 aliphatic rings. The third-order valence-electron chi connectivity index (χ3n) is 5.51. The van der Waals surface area contributed by atoms with Crippen molar-refractivity contribution in [3.63, 3.8) is 0 Å². The molecule has 4 nitrogen and oxygen atoms in total. The van der Waals surface area contributed by atoms with Gasteiger partial charge in [0, 0.05) is 13.1 Å². The van der Waals surface area contributed by atoms with Gasteiger partial charge >= 0.3 is 0 Å². The SMILES string of the molecule is CCC(C)(C)C1CCC(CN)C(N(C)CC(=O)NC)C1. The zero-order chi connectivity index (χ0) is 15.3. The number of nitrogens with one attached hydrogen (secondary N) is 1. The van der Waals surface area contributed by atoms with Crippen LogP contribution in [0.15, 0.2) is 0 Å². The van der Waals surface area contributed by atoms with Gasteiger partial charge in [-0.15, -0.1) is 0 Å². The zero-order valence-corrected chi connectivity index (χ0v) is 13.9. The third kappa shape index (κ3) is 4.19. The maximum absolute atomic E-state index is 11.6. The molecule has 0 heterocycles. The molecule has 0 bridgehead atoms. The number of carbonyl (C=O) groups is 1. The summed E-state index contributed by atoms with van der Waals surface area (Å²) >= 11 is 0. The lowest BCUT2D eigenvalue weighted by Gasteiger charge is -2.45. The Bertz CT molecular complexity index is 317. The van der Waals surface area contributed by atoms with E-state index in [-0.39, 0.29) is 5.91 Å². The quantitative estimate of drug-likeness (QED) is 0.782. The van der Waals surface area contributed by atoms with Gasteiger partial charge in [-0.25, -0.2) is 0 Å². The first-order valence-electron chi connectivity index (χ1n) is 7.96. The summed E-state index contributed by atoms with van der Waals surface area (Å²) in [6.45, 7) is 8.21. The molecule has 0 aromatic carbocycles. The number of carbonyl (C=O) groups excluding carboxylic acids is 1. The van der Waals surface area contributed by atoms with E-state index in [1.807, 2.05) is 0 Å². The Balaban J connectivity index is 2.75. The van der Waals surface area contributed by atoms with E-state index in [9.17, 15) is 4.79 Å². The fourth-order valence-corrected chi connectivity index (χ4v) is 3.45. The topological polar surface area (TPSA) is 58.4 Å². The Morgan fingerprint density at radius 2 is 2.05 bits per heavy atom. The van der Waals surface area contributed by atoms with Crippen LogP contribution in [0.4, 0.5) is 0 Å². The van der Waals surface area contributed by atoms with Gasteiger partial charge in [-0.2, -0.15) is 0 Å². The van der Waals surface area contributed by atoms with Crippen LogP contribution in [0.1, 0.15) is 46.5 Å². The van der Waals surface area contributed by atoms with E-state index >= 15 is 0 Å². The van der Waals surface area contributed by atoms with Crippen molar-refractivity contribution in [1.29, 1.82) is 0 Å². The highest BCUT2D eigenvalue weighted by molar-refractivity contribution is 5.77. The molecule has 1 rings (SSSR count). The summed E-state index contributed by atoms with van der Waals surface area (Å²) in [7, 11) is 3.75. The first-order valence-corrected chi connectivity index (χ1v) is 7.96. The Hall–Kier alpha value is -0.610. The van der Waals surface area contributed by atoms with Crippen LogP contribution in [0.2, 0.25) is 0 Å². The second kappa shape index (κ2) is 7.41. The Morgan fingerprint density at radius 3 is 2.55 bits per heavy atom. The lowest BCUT2D eigenvalue weighted by atomic mass is 9.65. The fraction of sp³-hybridized carbons (Fsp3) is 0.938. The molecule has 0 radical (unpaired) electrons. The molecule has 20 heavy (non-hydrogen) atoms. The van der Waals surface area contributed by atoms with Gasteiger partial charge in [-0.3, -0.25) is 9.69 Å². The maximum atomic E-state index is 11.6. The Kier molecular flexibility index (Phi) is 6.46. The molecule has 118 valence electrons. The number of nitrogens with zero attached hydrogens (tertiary/aromatic N) is 1. The van der Waals surface area contributed by atoms with Crippen LogP contribution in [0.25, 0.3) is 0 Å². The van der Waals surface area contributed by atoms with Gasteiger partial charge in [0.25, 0.3) is 0 Å². The van der Waals surface area contributed by atoms with Crippen molar-refractivity contribution in [3.05, 3.63) is 0 Å². The molecular weight excluding hydrogens is 250 g/mol. The zero-order valence-electron chi connectivity index (χ0n) is 13.9. The second-order valence-electron chi connectivity index (χ2n) is 7.00. The minimum Gasteiger partial charge on any atom is -0.358 e. The van der Waals surface area contributed by atoms with E-state index in [1.165, 1.54) is 19.3 Å². The molecule has 0 spiro atoms. The average Bonchev–Trinajstić information content (AvgIpc) is 2.46. The number of nitrogens with two attached hydrogens (primary N) is 1. The van der Waals surface area contributed by atoms with Gasteiger partial charge in [0.15, 0.2) is 0 Å². The van der Waals surface area contributed by atoms with E-state index < -0.39 is 0 Å². The van der Waals surface area contributed by atoms with Crippen LogP contribution < -0.4 is 11.1 Å². The van der Waals surface area contributed by atoms with E-state index in [0.717, 1.165) is 18.9 Å². The van der Waals surface area contributed by atoms with Gasteiger partial charge in [-0.05, 0) is 50.1 Å². The van der Waals surface area contributed by atoms with Crippen LogP contribution in [0, 0.1) is 17.3 Å². The molecule has 0 aromatic rings. The molecule has 3 unspecified atom stereocenters. The molecule has 3 N–H and O–H groups in total. The van der Waals surface area contributed by atoms with Crippen molar-refractivity contribution in [2.75, 3.05) is 27.2 Å². The molecule has 4 heteroatoms. The molecule has 1 aliphatic carbocycles. The number of amides is 1. The van der Waals surface area contributed by atoms with Gasteiger partial charge < -0.3 is 11.1 Å². The third-order valence-corrected chi connectivity index (χ3v) is 5.51. The van der Waals surface area contributed by atoms with Crippen molar-refractivity contribution >= 4 is 5.91 Å². The maximum Gasteiger partial charge on any atom is 0.233 e. The number of likely N-dealkylation sites (N-methyl/N-ethyl adjacent to an activating group) is 2. The lowest BCUT2D eigenvalue weighted by molar-refractivity contribution is -0.122. The van der Waals surface area contributed by atoms with E-state index in [2.05, 4.69) is 38.0 Å². The Labute approximate surface area is 124 Å². The standard InChI is InChI=1S/C16H33N3O/c1-6-16(2,3)13-8-7-12(10-17)14(9-13)19(5)11-15(20)18-4/h12-14H,6-11,17H2,1-5H3,(H,18,20). The van der Waals surface area contributed by atoms with Crippen molar-refractivity contribution in [1.82, 2.24) is 10.2 Å². The largest absolute Gasteiger partial charge is 0.358 e. The first kappa shape index (κ1) is 17.4. The molecule has 1 fully saturated rings. The van der Waals surface area contributed by atoms with Crippen molar-refractivity contribution in [2.45, 2.75) is 52.5 Å². The summed E-state index contributed by atoms with van der Waals surface area (Å²) < 4.78 is 0. The smallest absolute Gasteiger partial charge is 0.233 e. The number of rotatable bonds is 6. The summed E-state index contributed by atoms with van der Waals surface area (Å²) in [6.07, 6.45) is 4.83. The van der Waals surface area contributed by atoms with Crippen LogP contribution >= 0.6 is 0 Å². The minimum absolute atomic E-state index is 0.0835. The lowest BCUT2D eigenvalue weighted by Crippen LogP contribution is -2.49. The van der Waals surface area contributed by atoms with Gasteiger partial charge in [0.2, 0.25) is 5.91 Å². The summed E-state index contributed by atoms with van der Waals surface area (Å²) in [4.78, 5) is 13.8. The number of hydrogen-bond donors (Lipinski definition) is 2. The highest BCUT2D eigenvalue weighted by Crippen LogP contribution is 2.43. The van der Waals surface area contributed by atoms with Crippen LogP contribution in [0.5, 0.6) is 0 Å². The van der Waals surface area contributed by atoms with Gasteiger partial charge in [0.1, 0.15) is 0 Å².